The molecule has 5 heteroatoms. The van der Waals surface area contributed by atoms with Crippen LogP contribution in [0.4, 0.5) is 5.69 Å². The largest absolute Gasteiger partial charge is 0.344 e. The third-order valence-corrected chi connectivity index (χ3v) is 3.96. The molecule has 5 nitrogen and oxygen atoms in total. The number of nitrogens with zero attached hydrogens (tertiary/aromatic N) is 2. The van der Waals surface area contributed by atoms with E-state index >= 15 is 0 Å². The van der Waals surface area contributed by atoms with Gasteiger partial charge in [0.05, 0.1) is 30.4 Å². The molecule has 4 rings (SSSR count). The van der Waals surface area contributed by atoms with E-state index in [1.54, 1.807) is 30.7 Å². The van der Waals surface area contributed by atoms with E-state index in [4.69, 9.17) is 6.57 Å². The number of hydrogen-bond acceptors (Lipinski definition) is 2. The van der Waals surface area contributed by atoms with Gasteiger partial charge in [0.15, 0.2) is 5.69 Å². The molecular formula is C19H12N4O. The molecule has 0 spiro atoms. The van der Waals surface area contributed by atoms with Crippen LogP contribution in [0.2, 0.25) is 0 Å². The number of H-pyrrole nitrogens is 2. The van der Waals surface area contributed by atoms with E-state index in [9.17, 15) is 4.79 Å². The Hall–Kier alpha value is -3.65. The normalized spacial score (nSPS) is 10.6. The molecule has 0 fully saturated rings. The van der Waals surface area contributed by atoms with Crippen molar-refractivity contribution in [2.45, 2.75) is 0 Å². The van der Waals surface area contributed by atoms with Gasteiger partial charge in [-0.2, -0.15) is 0 Å². The van der Waals surface area contributed by atoms with Crippen molar-refractivity contribution < 1.29 is 0 Å². The lowest BCUT2D eigenvalue weighted by atomic mass is 9.94. The summed E-state index contributed by atoms with van der Waals surface area (Å²) >= 11 is 0. The zero-order valence-electron chi connectivity index (χ0n) is 12.6. The molecule has 0 saturated heterocycles. The monoisotopic (exact) mass is 312 g/mol. The summed E-state index contributed by atoms with van der Waals surface area (Å²) in [6, 6.07) is 15.0. The van der Waals surface area contributed by atoms with Crippen molar-refractivity contribution in [2.24, 2.45) is 0 Å². The van der Waals surface area contributed by atoms with Crippen LogP contribution in [0, 0.1) is 6.57 Å². The van der Waals surface area contributed by atoms with E-state index in [0.717, 1.165) is 16.5 Å². The molecule has 2 N–H and O–H groups in total. The molecule has 2 heterocycles. The van der Waals surface area contributed by atoms with Gasteiger partial charge >= 0.3 is 0 Å². The fourth-order valence-corrected chi connectivity index (χ4v) is 2.90. The van der Waals surface area contributed by atoms with Crippen LogP contribution >= 0.6 is 0 Å². The SMILES string of the molecule is [C-]#[N+]c1ccc2[nH]c(=O)c(-c3cnc[nH]3)c(-c3ccccc3)c2c1. The van der Waals surface area contributed by atoms with Gasteiger partial charge in [-0.05, 0) is 23.1 Å². The lowest BCUT2D eigenvalue weighted by Gasteiger charge is -2.12. The smallest absolute Gasteiger partial charge is 0.258 e. The second-order valence-corrected chi connectivity index (χ2v) is 5.38. The summed E-state index contributed by atoms with van der Waals surface area (Å²) in [5.74, 6) is 0. The highest BCUT2D eigenvalue weighted by atomic mass is 16.1. The molecule has 0 unspecified atom stereocenters. The molecule has 114 valence electrons. The lowest BCUT2D eigenvalue weighted by Crippen LogP contribution is -2.11. The predicted molar refractivity (Wildman–Crippen MR) is 93.8 cm³/mol. The Kier molecular flexibility index (Phi) is 3.22. The first-order valence-corrected chi connectivity index (χ1v) is 7.39. The second-order valence-electron chi connectivity index (χ2n) is 5.38. The number of hydrogen-bond donors (Lipinski definition) is 2. The lowest BCUT2D eigenvalue weighted by molar-refractivity contribution is 1.28. The van der Waals surface area contributed by atoms with E-state index in [-0.39, 0.29) is 5.56 Å². The van der Waals surface area contributed by atoms with E-state index in [2.05, 4.69) is 19.8 Å². The zero-order valence-corrected chi connectivity index (χ0v) is 12.6. The first kappa shape index (κ1) is 14.0. The van der Waals surface area contributed by atoms with Crippen LogP contribution in [-0.2, 0) is 0 Å². The third kappa shape index (κ3) is 2.18. The Bertz CT molecular complexity index is 1120. The zero-order chi connectivity index (χ0) is 16.5. The number of benzene rings is 2. The van der Waals surface area contributed by atoms with Crippen LogP contribution in [0.3, 0.4) is 0 Å². The summed E-state index contributed by atoms with van der Waals surface area (Å²) in [5.41, 5.74) is 3.92. The summed E-state index contributed by atoms with van der Waals surface area (Å²) < 4.78 is 0. The van der Waals surface area contributed by atoms with Crippen LogP contribution in [0.5, 0.6) is 0 Å². The van der Waals surface area contributed by atoms with Crippen molar-refractivity contribution in [1.82, 2.24) is 15.0 Å². The molecule has 4 aromatic rings. The molecule has 0 aliphatic carbocycles. The molecule has 24 heavy (non-hydrogen) atoms. The summed E-state index contributed by atoms with van der Waals surface area (Å²) in [6.07, 6.45) is 3.17. The van der Waals surface area contributed by atoms with Gasteiger partial charge in [0.1, 0.15) is 0 Å². The van der Waals surface area contributed by atoms with Gasteiger partial charge in [0, 0.05) is 11.1 Å². The average molecular weight is 312 g/mol. The third-order valence-electron chi connectivity index (χ3n) is 3.96. The number of pyridine rings is 1. The van der Waals surface area contributed by atoms with E-state index in [1.165, 1.54) is 0 Å². The Morgan fingerprint density at radius 2 is 1.88 bits per heavy atom. The van der Waals surface area contributed by atoms with Crippen molar-refractivity contribution in [1.29, 1.82) is 0 Å². The van der Waals surface area contributed by atoms with Crippen molar-refractivity contribution in [3.63, 3.8) is 0 Å². The molecule has 0 aliphatic heterocycles. The number of fused-ring (bicyclic) bond motifs is 1. The van der Waals surface area contributed by atoms with Crippen molar-refractivity contribution in [3.05, 3.63) is 82.8 Å². The molecule has 0 amide bonds. The van der Waals surface area contributed by atoms with Crippen LogP contribution < -0.4 is 5.56 Å². The highest BCUT2D eigenvalue weighted by molar-refractivity contribution is 6.02. The average Bonchev–Trinajstić information content (AvgIpc) is 3.15. The van der Waals surface area contributed by atoms with Crippen molar-refractivity contribution in [2.75, 3.05) is 0 Å². The van der Waals surface area contributed by atoms with Crippen LogP contribution in [0.15, 0.2) is 65.8 Å². The van der Waals surface area contributed by atoms with Gasteiger partial charge in [-0.1, -0.05) is 36.4 Å². The standard InChI is InChI=1S/C19H12N4O/c1-20-13-7-8-15-14(9-13)17(12-5-3-2-4-6-12)18(19(24)23-15)16-10-21-11-22-16/h2-11H,(H,21,22)(H,23,24). The number of nitrogens with one attached hydrogen (secondary N) is 2. The molecule has 0 radical (unpaired) electrons. The minimum absolute atomic E-state index is 0.193. The van der Waals surface area contributed by atoms with Crippen LogP contribution in [-0.4, -0.2) is 15.0 Å². The van der Waals surface area contributed by atoms with Gasteiger partial charge < -0.3 is 9.97 Å². The highest BCUT2D eigenvalue weighted by Gasteiger charge is 2.17. The van der Waals surface area contributed by atoms with Gasteiger partial charge in [-0.25, -0.2) is 9.83 Å². The summed E-state index contributed by atoms with van der Waals surface area (Å²) in [6.45, 7) is 7.27. The van der Waals surface area contributed by atoms with E-state index < -0.39 is 0 Å². The van der Waals surface area contributed by atoms with Crippen LogP contribution in [0.1, 0.15) is 0 Å². The maximum Gasteiger partial charge on any atom is 0.258 e. The van der Waals surface area contributed by atoms with Gasteiger partial charge in [0.2, 0.25) is 0 Å². The maximum atomic E-state index is 12.7. The topological polar surface area (TPSA) is 65.9 Å². The number of imidazole rings is 1. The summed E-state index contributed by atoms with van der Waals surface area (Å²) in [4.78, 5) is 26.2. The Morgan fingerprint density at radius 1 is 1.04 bits per heavy atom. The first-order valence-electron chi connectivity index (χ1n) is 7.39. The number of rotatable bonds is 2. The van der Waals surface area contributed by atoms with E-state index in [1.807, 2.05) is 30.3 Å². The van der Waals surface area contributed by atoms with Gasteiger partial charge in [-0.3, -0.25) is 4.79 Å². The fraction of sp³-hybridized carbons (Fsp3) is 0. The minimum atomic E-state index is -0.193. The molecular weight excluding hydrogens is 300 g/mol. The quantitative estimate of drug-likeness (QED) is 0.546. The first-order chi connectivity index (χ1) is 11.8. The minimum Gasteiger partial charge on any atom is -0.344 e. The Morgan fingerprint density at radius 3 is 2.58 bits per heavy atom. The summed E-state index contributed by atoms with van der Waals surface area (Å²) in [5, 5.41) is 0.832. The molecule has 2 aromatic carbocycles. The Labute approximate surface area is 137 Å². The predicted octanol–water partition coefficient (Wildman–Crippen LogP) is 4.14. The van der Waals surface area contributed by atoms with E-state index in [0.29, 0.717) is 22.5 Å². The van der Waals surface area contributed by atoms with Crippen molar-refractivity contribution in [3.8, 4) is 22.4 Å². The maximum absolute atomic E-state index is 12.7. The molecule has 0 bridgehead atoms. The van der Waals surface area contributed by atoms with Gasteiger partial charge in [-0.15, -0.1) is 0 Å². The fourth-order valence-electron chi connectivity index (χ4n) is 2.90. The summed E-state index contributed by atoms with van der Waals surface area (Å²) in [7, 11) is 0. The molecule has 0 saturated carbocycles. The molecule has 0 aliphatic rings. The number of aromatic nitrogens is 3. The molecule has 2 aromatic heterocycles. The van der Waals surface area contributed by atoms with Crippen LogP contribution in [0.25, 0.3) is 38.1 Å². The molecule has 0 atom stereocenters. The number of aromatic amines is 2. The van der Waals surface area contributed by atoms with Crippen molar-refractivity contribution >= 4 is 16.6 Å². The highest BCUT2D eigenvalue weighted by Crippen LogP contribution is 2.35. The van der Waals surface area contributed by atoms with Gasteiger partial charge in [0.25, 0.3) is 5.56 Å². The Balaban J connectivity index is 2.20. The second kappa shape index (κ2) is 5.52.